The number of fused-ring (bicyclic) bond motifs is 14. The highest BCUT2D eigenvalue weighted by Gasteiger charge is 2.75. The maximum atomic E-state index is 15.3. The Morgan fingerprint density at radius 1 is 0.261 bits per heavy atom. The number of halogens is 6. The predicted molar refractivity (Wildman–Crippen MR) is 269 cm³/mol. The van der Waals surface area contributed by atoms with Crippen LogP contribution in [0.3, 0.4) is 0 Å². The third kappa shape index (κ3) is 5.49. The monoisotopic (exact) mass is 912 g/mol. The molecular formula is C63H42F6. The molecular weight excluding hydrogens is 871 g/mol. The summed E-state index contributed by atoms with van der Waals surface area (Å²) in [6, 6.07) is 58.3. The Hall–Kier alpha value is -7.44. The van der Waals surface area contributed by atoms with Gasteiger partial charge in [0.15, 0.2) is 0 Å². The molecule has 0 unspecified atom stereocenters. The quantitative estimate of drug-likeness (QED) is 0.122. The Balaban J connectivity index is 1.07. The molecule has 0 saturated heterocycles. The van der Waals surface area contributed by atoms with Crippen LogP contribution in [-0.4, -0.2) is 12.4 Å². The zero-order valence-electron chi connectivity index (χ0n) is 38.1. The van der Waals surface area contributed by atoms with Crippen molar-refractivity contribution in [3.8, 4) is 66.8 Å². The minimum Gasteiger partial charge on any atom is -0.169 e. The van der Waals surface area contributed by atoms with Gasteiger partial charge in [0.05, 0.1) is 0 Å². The first-order valence-electron chi connectivity index (χ1n) is 23.3. The SMILES string of the molecule is CC1(C)c2ccccc2-c2ccc(-c3cc4c5ccc(-c6ccc7c(c6)C(C(F)(F)F)(C(F)(F)F)c6ccccc6-7)cc5c(-c5ccc6c(c5)C(C)(C)c5ccccc5-6)cc4c4ccccc34)cc21. The molecule has 0 atom stereocenters. The van der Waals surface area contributed by atoms with Crippen molar-refractivity contribution in [1.82, 2.24) is 0 Å². The fraction of sp³-hybridized carbons (Fsp3) is 0.143. The van der Waals surface area contributed by atoms with Crippen LogP contribution in [0.25, 0.3) is 99.1 Å². The van der Waals surface area contributed by atoms with Crippen molar-refractivity contribution in [2.45, 2.75) is 56.3 Å². The van der Waals surface area contributed by atoms with Crippen molar-refractivity contribution in [3.05, 3.63) is 215 Å². The Labute approximate surface area is 395 Å². The lowest BCUT2D eigenvalue weighted by Gasteiger charge is -2.36. The van der Waals surface area contributed by atoms with Gasteiger partial charge >= 0.3 is 12.4 Å². The van der Waals surface area contributed by atoms with Gasteiger partial charge in [-0.2, -0.15) is 26.3 Å². The number of hydrogen-bond donors (Lipinski definition) is 0. The average molecular weight is 913 g/mol. The standard InChI is InChI=1S/C63H42F6/c1-59(2)53-18-10-7-15-42(53)45-27-23-37(31-56(45)59)48-33-52-41-25-21-35(36-22-26-47-44-17-9-12-20-55(44)61(58(47)30-36,62(64,65)66)63(67,68)69)29-50(41)49(34-51(52)40-14-6-5-13-39(40)48)38-24-28-46-43-16-8-11-19-54(43)60(3,4)57(46)32-38/h5-34H,1-4H3. The molecule has 6 heteroatoms. The molecule has 10 aromatic rings. The summed E-state index contributed by atoms with van der Waals surface area (Å²) in [5, 5.41) is 5.96. The van der Waals surface area contributed by atoms with E-state index in [0.717, 1.165) is 72.3 Å². The van der Waals surface area contributed by atoms with Gasteiger partial charge < -0.3 is 0 Å². The summed E-state index contributed by atoms with van der Waals surface area (Å²) in [6.07, 6.45) is -11.3. The molecule has 69 heavy (non-hydrogen) atoms. The topological polar surface area (TPSA) is 0 Å². The van der Waals surface area contributed by atoms with Crippen LogP contribution >= 0.6 is 0 Å². The van der Waals surface area contributed by atoms with Gasteiger partial charge in [0.2, 0.25) is 5.41 Å². The molecule has 10 aromatic carbocycles. The van der Waals surface area contributed by atoms with Crippen LogP contribution in [0.15, 0.2) is 182 Å². The minimum absolute atomic E-state index is 0.0674. The largest absolute Gasteiger partial charge is 0.411 e. The highest BCUT2D eigenvalue weighted by atomic mass is 19.4. The summed E-state index contributed by atoms with van der Waals surface area (Å²) in [5.41, 5.74) is 8.17. The average Bonchev–Trinajstić information content (AvgIpc) is 3.88. The minimum atomic E-state index is -5.67. The third-order valence-corrected chi connectivity index (χ3v) is 16.0. The van der Waals surface area contributed by atoms with E-state index in [2.05, 4.69) is 149 Å². The van der Waals surface area contributed by atoms with Gasteiger partial charge in [0.1, 0.15) is 0 Å². The number of hydrogen-bond acceptors (Lipinski definition) is 0. The molecule has 13 rings (SSSR count). The third-order valence-electron chi connectivity index (χ3n) is 16.0. The molecule has 0 spiro atoms. The van der Waals surface area contributed by atoms with Crippen LogP contribution in [0.1, 0.15) is 61.1 Å². The summed E-state index contributed by atoms with van der Waals surface area (Å²) in [6.45, 7) is 9.02. The van der Waals surface area contributed by atoms with E-state index in [0.29, 0.717) is 5.56 Å². The Morgan fingerprint density at radius 2 is 0.623 bits per heavy atom. The normalized spacial score (nSPS) is 15.7. The van der Waals surface area contributed by atoms with Gasteiger partial charge in [0.25, 0.3) is 0 Å². The van der Waals surface area contributed by atoms with Gasteiger partial charge in [-0.15, -0.1) is 0 Å². The zero-order chi connectivity index (χ0) is 47.6. The van der Waals surface area contributed by atoms with Crippen LogP contribution in [0.4, 0.5) is 26.3 Å². The first kappa shape index (κ1) is 41.7. The summed E-state index contributed by atoms with van der Waals surface area (Å²) in [5.74, 6) is 0. The maximum Gasteiger partial charge on any atom is 0.411 e. The van der Waals surface area contributed by atoms with E-state index in [1.54, 1.807) is 6.07 Å². The predicted octanol–water partition coefficient (Wildman–Crippen LogP) is 18.2. The maximum absolute atomic E-state index is 15.3. The van der Waals surface area contributed by atoms with Crippen LogP contribution < -0.4 is 0 Å². The van der Waals surface area contributed by atoms with Crippen molar-refractivity contribution >= 4 is 32.3 Å². The fourth-order valence-electron chi connectivity index (χ4n) is 12.6. The molecule has 0 amide bonds. The van der Waals surface area contributed by atoms with E-state index in [1.807, 2.05) is 18.2 Å². The fourth-order valence-corrected chi connectivity index (χ4v) is 12.6. The van der Waals surface area contributed by atoms with E-state index in [4.69, 9.17) is 0 Å². The highest BCUT2D eigenvalue weighted by molar-refractivity contribution is 6.24. The second kappa shape index (κ2) is 13.8. The van der Waals surface area contributed by atoms with Crippen molar-refractivity contribution < 1.29 is 26.3 Å². The lowest BCUT2D eigenvalue weighted by Crippen LogP contribution is -2.53. The smallest absolute Gasteiger partial charge is 0.169 e. The number of alkyl halides is 6. The van der Waals surface area contributed by atoms with Gasteiger partial charge in [-0.05, 0) is 169 Å². The van der Waals surface area contributed by atoms with Crippen molar-refractivity contribution in [3.63, 3.8) is 0 Å². The van der Waals surface area contributed by atoms with Crippen molar-refractivity contribution in [2.75, 3.05) is 0 Å². The molecule has 0 aromatic heterocycles. The van der Waals surface area contributed by atoms with Gasteiger partial charge in [0, 0.05) is 10.8 Å². The van der Waals surface area contributed by atoms with Crippen LogP contribution in [0.2, 0.25) is 0 Å². The molecule has 0 N–H and O–H groups in total. The number of benzene rings is 10. The first-order valence-corrected chi connectivity index (χ1v) is 23.3. The molecule has 3 aliphatic carbocycles. The van der Waals surface area contributed by atoms with Crippen molar-refractivity contribution in [1.29, 1.82) is 0 Å². The second-order valence-electron chi connectivity index (χ2n) is 20.2. The van der Waals surface area contributed by atoms with E-state index >= 15 is 26.3 Å². The van der Waals surface area contributed by atoms with Crippen LogP contribution in [-0.2, 0) is 16.2 Å². The van der Waals surface area contributed by atoms with Crippen LogP contribution in [0.5, 0.6) is 0 Å². The molecule has 0 fully saturated rings. The van der Waals surface area contributed by atoms with Gasteiger partial charge in [-0.3, -0.25) is 0 Å². The molecule has 0 aliphatic heterocycles. The summed E-state index contributed by atoms with van der Waals surface area (Å²) >= 11 is 0. The lowest BCUT2D eigenvalue weighted by atomic mass is 9.76. The van der Waals surface area contributed by atoms with Crippen molar-refractivity contribution in [2.24, 2.45) is 0 Å². The molecule has 0 heterocycles. The molecule has 0 radical (unpaired) electrons. The molecule has 0 bridgehead atoms. The Kier molecular flexibility index (Phi) is 8.37. The zero-order valence-corrected chi connectivity index (χ0v) is 38.1. The Morgan fingerprint density at radius 3 is 1.16 bits per heavy atom. The second-order valence-corrected chi connectivity index (χ2v) is 20.2. The molecule has 0 nitrogen and oxygen atoms in total. The summed E-state index contributed by atoms with van der Waals surface area (Å²) in [4.78, 5) is 0. The first-order chi connectivity index (χ1) is 33.0. The van der Waals surface area contributed by atoms with Gasteiger partial charge in [-0.1, -0.05) is 173 Å². The lowest BCUT2D eigenvalue weighted by molar-refractivity contribution is -0.287. The Bertz CT molecular complexity index is 3870. The summed E-state index contributed by atoms with van der Waals surface area (Å²) in [7, 11) is 0. The van der Waals surface area contributed by atoms with E-state index in [-0.39, 0.29) is 27.5 Å². The highest BCUT2D eigenvalue weighted by Crippen LogP contribution is 2.64. The molecule has 0 saturated carbocycles. The van der Waals surface area contributed by atoms with Gasteiger partial charge in [-0.25, -0.2) is 0 Å². The summed E-state index contributed by atoms with van der Waals surface area (Å²) < 4.78 is 92.1. The molecule has 336 valence electrons. The van der Waals surface area contributed by atoms with E-state index in [1.165, 1.54) is 63.2 Å². The van der Waals surface area contributed by atoms with Crippen LogP contribution in [0, 0.1) is 0 Å². The van der Waals surface area contributed by atoms with E-state index in [9.17, 15) is 0 Å². The molecule has 3 aliphatic rings. The number of rotatable bonds is 3. The van der Waals surface area contributed by atoms with E-state index < -0.39 is 28.9 Å².